The van der Waals surface area contributed by atoms with Crippen LogP contribution in [0.3, 0.4) is 0 Å². The van der Waals surface area contributed by atoms with E-state index in [-0.39, 0.29) is 27.7 Å². The minimum absolute atomic E-state index is 0.00844. The lowest BCUT2D eigenvalue weighted by Gasteiger charge is -2.08. The topological polar surface area (TPSA) is 66.8 Å². The molecule has 2 N–H and O–H groups in total. The average Bonchev–Trinajstić information content (AvgIpc) is 2.17. The Morgan fingerprint density at radius 1 is 1.38 bits per heavy atom. The van der Waals surface area contributed by atoms with Crippen molar-refractivity contribution in [3.63, 3.8) is 0 Å². The third kappa shape index (κ3) is 2.89. The van der Waals surface area contributed by atoms with Crippen molar-refractivity contribution < 1.29 is 19.6 Å². The van der Waals surface area contributed by atoms with Crippen molar-refractivity contribution >= 4 is 41.8 Å². The molecule has 0 unspecified atom stereocenters. The molecule has 86 valence electrons. The average molecular weight is 263 g/mol. The van der Waals surface area contributed by atoms with Crippen LogP contribution in [0.4, 0.5) is 0 Å². The second-order valence-electron chi connectivity index (χ2n) is 2.95. The monoisotopic (exact) mass is 262 g/mol. The van der Waals surface area contributed by atoms with Gasteiger partial charge in [0.1, 0.15) is 0 Å². The van der Waals surface area contributed by atoms with Crippen LogP contribution in [-0.2, 0) is 4.74 Å². The van der Waals surface area contributed by atoms with Gasteiger partial charge in [-0.3, -0.25) is 0 Å². The molecule has 0 atom stereocenters. The molecule has 4 nitrogen and oxygen atoms in total. The van der Waals surface area contributed by atoms with Gasteiger partial charge in [0.15, 0.2) is 0 Å². The van der Waals surface area contributed by atoms with E-state index in [1.54, 1.807) is 6.92 Å². The summed E-state index contributed by atoms with van der Waals surface area (Å²) in [5.74, 6) is -0.633. The first-order valence-electron chi connectivity index (χ1n) is 4.49. The minimum Gasteiger partial charge on any atom is -0.462 e. The van der Waals surface area contributed by atoms with E-state index in [0.717, 1.165) is 0 Å². The van der Waals surface area contributed by atoms with Crippen molar-refractivity contribution in [3.05, 3.63) is 27.7 Å². The van der Waals surface area contributed by atoms with Crippen LogP contribution in [0.25, 0.3) is 0 Å². The molecule has 0 aliphatic heterocycles. The Bertz CT molecular complexity index is 409. The fourth-order valence-corrected chi connectivity index (χ4v) is 1.69. The van der Waals surface area contributed by atoms with Crippen LogP contribution in [0, 0.1) is 0 Å². The molecule has 0 radical (unpaired) electrons. The van der Waals surface area contributed by atoms with Crippen LogP contribution in [0.1, 0.15) is 17.3 Å². The van der Waals surface area contributed by atoms with E-state index in [1.807, 2.05) is 0 Å². The molecule has 0 bridgehead atoms. The Morgan fingerprint density at radius 3 is 2.50 bits per heavy atom. The van der Waals surface area contributed by atoms with E-state index in [2.05, 4.69) is 0 Å². The Morgan fingerprint density at radius 2 is 2.00 bits per heavy atom. The van der Waals surface area contributed by atoms with Crippen molar-refractivity contribution in [2.24, 2.45) is 0 Å². The lowest BCUT2D eigenvalue weighted by atomic mass is 9.79. The Balaban J connectivity index is 3.19. The quantitative estimate of drug-likeness (QED) is 0.626. The number of carbonyl (C=O) groups excluding carboxylic acids is 1. The Labute approximate surface area is 103 Å². The molecule has 1 aromatic carbocycles. The number of benzene rings is 1. The molecule has 0 saturated heterocycles. The molecular weight excluding hydrogens is 254 g/mol. The Hall–Kier alpha value is -0.745. The van der Waals surface area contributed by atoms with Crippen molar-refractivity contribution in [2.75, 3.05) is 6.61 Å². The van der Waals surface area contributed by atoms with Crippen LogP contribution in [0.15, 0.2) is 12.1 Å². The molecule has 0 fully saturated rings. The van der Waals surface area contributed by atoms with Gasteiger partial charge in [0.05, 0.1) is 17.2 Å². The summed E-state index contributed by atoms with van der Waals surface area (Å²) in [6.07, 6.45) is 0. The second kappa shape index (κ2) is 5.54. The standard InChI is InChI=1S/C9H9BCl2O4/c1-2-16-9(13)5-3-6(10(14)15)8(12)4-7(5)11/h3-4,14-15H,2H2,1H3. The van der Waals surface area contributed by atoms with E-state index in [9.17, 15) is 4.79 Å². The zero-order valence-electron chi connectivity index (χ0n) is 8.41. The summed E-state index contributed by atoms with van der Waals surface area (Å²) in [6, 6.07) is 2.47. The fourth-order valence-electron chi connectivity index (χ4n) is 1.13. The molecule has 0 aliphatic rings. The summed E-state index contributed by atoms with van der Waals surface area (Å²) >= 11 is 11.5. The fraction of sp³-hybridized carbons (Fsp3) is 0.222. The zero-order valence-corrected chi connectivity index (χ0v) is 9.92. The first-order chi connectivity index (χ1) is 7.47. The first kappa shape index (κ1) is 13.3. The van der Waals surface area contributed by atoms with Gasteiger partial charge in [-0.05, 0) is 19.1 Å². The Kier molecular flexibility index (Phi) is 4.62. The van der Waals surface area contributed by atoms with Gasteiger partial charge in [0, 0.05) is 10.5 Å². The van der Waals surface area contributed by atoms with Crippen molar-refractivity contribution in [2.45, 2.75) is 6.92 Å². The van der Waals surface area contributed by atoms with Gasteiger partial charge in [0.2, 0.25) is 0 Å². The van der Waals surface area contributed by atoms with Crippen molar-refractivity contribution in [3.8, 4) is 0 Å². The molecule has 1 rings (SSSR count). The molecule has 0 aromatic heterocycles. The number of hydrogen-bond donors (Lipinski definition) is 2. The number of esters is 1. The van der Waals surface area contributed by atoms with Crippen molar-refractivity contribution in [1.29, 1.82) is 0 Å². The lowest BCUT2D eigenvalue weighted by molar-refractivity contribution is 0.0526. The predicted molar refractivity (Wildman–Crippen MR) is 62.2 cm³/mol. The third-order valence-corrected chi connectivity index (χ3v) is 2.50. The highest BCUT2D eigenvalue weighted by Crippen LogP contribution is 2.20. The molecule has 0 heterocycles. The SMILES string of the molecule is CCOC(=O)c1cc(B(O)O)c(Cl)cc1Cl. The molecule has 0 amide bonds. The summed E-state index contributed by atoms with van der Waals surface area (Å²) in [6.45, 7) is 1.86. The number of halogens is 2. The summed E-state index contributed by atoms with van der Waals surface area (Å²) in [7, 11) is -1.77. The predicted octanol–water partition coefficient (Wildman–Crippen LogP) is 0.850. The highest BCUT2D eigenvalue weighted by Gasteiger charge is 2.21. The molecule has 0 saturated carbocycles. The van der Waals surface area contributed by atoms with Gasteiger partial charge in [0.25, 0.3) is 0 Å². The molecule has 0 spiro atoms. The highest BCUT2D eigenvalue weighted by atomic mass is 35.5. The maximum Gasteiger partial charge on any atom is 0.489 e. The molecule has 1 aromatic rings. The molecule has 16 heavy (non-hydrogen) atoms. The molecule has 0 aliphatic carbocycles. The van der Waals surface area contributed by atoms with Gasteiger partial charge in [-0.1, -0.05) is 23.2 Å². The molecule has 7 heteroatoms. The number of carbonyl (C=O) groups is 1. The summed E-state index contributed by atoms with van der Waals surface area (Å²) in [5.41, 5.74) is 0.0603. The first-order valence-corrected chi connectivity index (χ1v) is 5.25. The van der Waals surface area contributed by atoms with E-state index in [0.29, 0.717) is 0 Å². The van der Waals surface area contributed by atoms with Crippen LogP contribution < -0.4 is 5.46 Å². The third-order valence-electron chi connectivity index (χ3n) is 1.86. The largest absolute Gasteiger partial charge is 0.489 e. The van der Waals surface area contributed by atoms with E-state index >= 15 is 0 Å². The van der Waals surface area contributed by atoms with Gasteiger partial charge in [-0.25, -0.2) is 4.79 Å². The van der Waals surface area contributed by atoms with E-state index < -0.39 is 13.1 Å². The van der Waals surface area contributed by atoms with Crippen LogP contribution in [-0.4, -0.2) is 29.7 Å². The van der Waals surface area contributed by atoms with E-state index in [4.69, 9.17) is 38.0 Å². The normalized spacial score (nSPS) is 10.1. The van der Waals surface area contributed by atoms with Gasteiger partial charge in [-0.2, -0.15) is 0 Å². The number of rotatable bonds is 3. The lowest BCUT2D eigenvalue weighted by Crippen LogP contribution is -2.31. The van der Waals surface area contributed by atoms with Crippen LogP contribution in [0.5, 0.6) is 0 Å². The van der Waals surface area contributed by atoms with E-state index in [1.165, 1.54) is 12.1 Å². The molecular formula is C9H9BCl2O4. The van der Waals surface area contributed by atoms with Gasteiger partial charge >= 0.3 is 13.1 Å². The summed E-state index contributed by atoms with van der Waals surface area (Å²) in [5, 5.41) is 18.2. The maximum atomic E-state index is 11.4. The number of ether oxygens (including phenoxy) is 1. The maximum absolute atomic E-state index is 11.4. The smallest absolute Gasteiger partial charge is 0.462 e. The van der Waals surface area contributed by atoms with Crippen LogP contribution in [0.2, 0.25) is 10.0 Å². The summed E-state index contributed by atoms with van der Waals surface area (Å²) < 4.78 is 4.75. The zero-order chi connectivity index (χ0) is 12.3. The van der Waals surface area contributed by atoms with Gasteiger partial charge < -0.3 is 14.8 Å². The van der Waals surface area contributed by atoms with Crippen molar-refractivity contribution in [1.82, 2.24) is 0 Å². The highest BCUT2D eigenvalue weighted by molar-refractivity contribution is 6.63. The van der Waals surface area contributed by atoms with Crippen LogP contribution >= 0.6 is 23.2 Å². The summed E-state index contributed by atoms with van der Waals surface area (Å²) in [4.78, 5) is 11.4. The second-order valence-corrected chi connectivity index (χ2v) is 3.76. The minimum atomic E-state index is -1.77. The van der Waals surface area contributed by atoms with Gasteiger partial charge in [-0.15, -0.1) is 0 Å². The number of hydrogen-bond acceptors (Lipinski definition) is 4.